The normalized spacial score (nSPS) is 22.9. The number of fused-ring (bicyclic) bond motifs is 1. The molecule has 0 bridgehead atoms. The Labute approximate surface area is 337 Å². The quantitative estimate of drug-likeness (QED) is 0.189. The molecular formula is C43H48ClN7O6. The lowest BCUT2D eigenvalue weighted by molar-refractivity contribution is -0.216. The maximum atomic E-state index is 14.3. The molecule has 1 saturated carbocycles. The van der Waals surface area contributed by atoms with Crippen LogP contribution in [0.2, 0.25) is 5.02 Å². The summed E-state index contributed by atoms with van der Waals surface area (Å²) in [5, 5.41) is 9.54. The fourth-order valence-corrected chi connectivity index (χ4v) is 9.88. The van der Waals surface area contributed by atoms with Gasteiger partial charge >= 0.3 is 0 Å². The molecule has 5 amide bonds. The van der Waals surface area contributed by atoms with Crippen molar-refractivity contribution in [2.75, 3.05) is 37.6 Å². The van der Waals surface area contributed by atoms with Gasteiger partial charge in [-0.1, -0.05) is 45.7 Å². The van der Waals surface area contributed by atoms with Crippen molar-refractivity contribution in [3.63, 3.8) is 0 Å². The molecule has 0 spiro atoms. The Balaban J connectivity index is 0.953. The van der Waals surface area contributed by atoms with Gasteiger partial charge in [-0.15, -0.1) is 0 Å². The first kappa shape index (κ1) is 39.9. The van der Waals surface area contributed by atoms with Gasteiger partial charge in [-0.2, -0.15) is 5.26 Å². The summed E-state index contributed by atoms with van der Waals surface area (Å²) in [7, 11) is 0. The van der Waals surface area contributed by atoms with E-state index in [1.54, 1.807) is 36.4 Å². The fraction of sp³-hybridized carbons (Fsp3) is 0.465. The number of hydrogen-bond acceptors (Lipinski definition) is 10. The van der Waals surface area contributed by atoms with Gasteiger partial charge in [0.15, 0.2) is 0 Å². The van der Waals surface area contributed by atoms with Crippen LogP contribution in [0.5, 0.6) is 5.75 Å². The lowest BCUT2D eigenvalue weighted by atomic mass is 9.48. The highest BCUT2D eigenvalue weighted by Gasteiger charge is 2.68. The number of nitriles is 1. The number of piperidine rings is 1. The Morgan fingerprint density at radius 3 is 2.28 bits per heavy atom. The number of amides is 5. The van der Waals surface area contributed by atoms with Gasteiger partial charge in [-0.25, -0.2) is 0 Å². The number of rotatable bonds is 12. The zero-order valence-electron chi connectivity index (χ0n) is 32.8. The highest BCUT2D eigenvalue weighted by Crippen LogP contribution is 2.58. The molecule has 14 heteroatoms. The molecule has 3 aliphatic heterocycles. The van der Waals surface area contributed by atoms with Crippen LogP contribution in [0.15, 0.2) is 54.7 Å². The monoisotopic (exact) mass is 793 g/mol. The number of pyridine rings is 1. The highest BCUT2D eigenvalue weighted by atomic mass is 35.5. The minimum Gasteiger partial charge on any atom is -0.489 e. The number of carbonyl (C=O) groups excluding carboxylic acids is 5. The number of piperazine rings is 1. The van der Waals surface area contributed by atoms with Crippen LogP contribution in [-0.4, -0.2) is 100 Å². The molecule has 3 aromatic rings. The van der Waals surface area contributed by atoms with Crippen molar-refractivity contribution in [1.29, 1.82) is 5.26 Å². The second kappa shape index (κ2) is 15.6. The summed E-state index contributed by atoms with van der Waals surface area (Å²) in [5.41, 5.74) is 6.98. The highest BCUT2D eigenvalue weighted by molar-refractivity contribution is 6.31. The first-order valence-electron chi connectivity index (χ1n) is 19.6. The number of ether oxygens (including phenoxy) is 1. The van der Waals surface area contributed by atoms with E-state index in [-0.39, 0.29) is 34.9 Å². The summed E-state index contributed by atoms with van der Waals surface area (Å²) < 4.78 is 6.39. The van der Waals surface area contributed by atoms with E-state index >= 15 is 0 Å². The minimum absolute atomic E-state index is 0.0160. The van der Waals surface area contributed by atoms with Crippen LogP contribution in [0.1, 0.15) is 102 Å². The number of halogens is 1. The summed E-state index contributed by atoms with van der Waals surface area (Å²) in [6, 6.07) is 14.1. The Morgan fingerprint density at radius 2 is 1.63 bits per heavy atom. The van der Waals surface area contributed by atoms with Crippen molar-refractivity contribution in [3.8, 4) is 11.8 Å². The summed E-state index contributed by atoms with van der Waals surface area (Å²) in [6.07, 6.45) is 5.15. The number of aryl methyl sites for hydroxylation is 1. The number of unbranched alkanes of at least 4 members (excludes halogenated alkanes) is 2. The van der Waals surface area contributed by atoms with Crippen molar-refractivity contribution < 1.29 is 28.7 Å². The third-order valence-corrected chi connectivity index (χ3v) is 12.5. The molecule has 4 aliphatic rings. The first-order valence-corrected chi connectivity index (χ1v) is 20.0. The fourth-order valence-electron chi connectivity index (χ4n) is 9.66. The Hall–Kier alpha value is -5.32. The van der Waals surface area contributed by atoms with Crippen LogP contribution in [0.4, 0.5) is 5.69 Å². The van der Waals surface area contributed by atoms with Gasteiger partial charge in [0.05, 0.1) is 33.3 Å². The molecule has 7 rings (SSSR count). The summed E-state index contributed by atoms with van der Waals surface area (Å²) in [4.78, 5) is 78.3. The maximum Gasteiger partial charge on any atom is 0.262 e. The summed E-state index contributed by atoms with van der Waals surface area (Å²) >= 11 is 6.27. The summed E-state index contributed by atoms with van der Waals surface area (Å²) in [5.74, 6) is -1.95. The van der Waals surface area contributed by atoms with Crippen molar-refractivity contribution in [3.05, 3.63) is 87.7 Å². The van der Waals surface area contributed by atoms with Gasteiger partial charge in [0.1, 0.15) is 24.0 Å². The lowest BCUT2D eigenvalue weighted by Gasteiger charge is -2.65. The molecule has 3 fully saturated rings. The van der Waals surface area contributed by atoms with Crippen LogP contribution in [0, 0.1) is 22.2 Å². The summed E-state index contributed by atoms with van der Waals surface area (Å²) in [6.45, 7) is 12.0. The number of primary amides is 1. The topological polar surface area (TPSA) is 170 Å². The van der Waals surface area contributed by atoms with E-state index in [0.29, 0.717) is 16.9 Å². The molecule has 1 atom stereocenters. The van der Waals surface area contributed by atoms with Crippen LogP contribution >= 0.6 is 11.6 Å². The van der Waals surface area contributed by atoms with Crippen LogP contribution < -0.4 is 15.4 Å². The van der Waals surface area contributed by atoms with Crippen LogP contribution in [-0.2, 0) is 16.0 Å². The molecular weight excluding hydrogens is 746 g/mol. The van der Waals surface area contributed by atoms with E-state index in [0.717, 1.165) is 74.7 Å². The van der Waals surface area contributed by atoms with E-state index < -0.39 is 52.6 Å². The zero-order valence-corrected chi connectivity index (χ0v) is 33.6. The van der Waals surface area contributed by atoms with Gasteiger partial charge in [0, 0.05) is 67.1 Å². The molecule has 1 aromatic heterocycles. The number of imide groups is 2. The van der Waals surface area contributed by atoms with E-state index in [1.165, 1.54) is 11.1 Å². The van der Waals surface area contributed by atoms with Gasteiger partial charge in [-0.3, -0.25) is 43.7 Å². The van der Waals surface area contributed by atoms with E-state index in [9.17, 15) is 29.2 Å². The molecule has 298 valence electrons. The number of hydrogen-bond donors (Lipinski definition) is 1. The third kappa shape index (κ3) is 7.37. The Morgan fingerprint density at radius 1 is 0.912 bits per heavy atom. The molecule has 57 heavy (non-hydrogen) atoms. The minimum atomic E-state index is -1.11. The average molecular weight is 794 g/mol. The number of anilines is 1. The lowest BCUT2D eigenvalue weighted by Crippen LogP contribution is -2.77. The van der Waals surface area contributed by atoms with Gasteiger partial charge in [0.2, 0.25) is 11.8 Å². The van der Waals surface area contributed by atoms with Crippen molar-refractivity contribution in [2.45, 2.75) is 84.4 Å². The third-order valence-electron chi connectivity index (χ3n) is 12.2. The molecule has 1 aliphatic carbocycles. The second-order valence-electron chi connectivity index (χ2n) is 16.7. The van der Waals surface area contributed by atoms with E-state index in [4.69, 9.17) is 22.1 Å². The first-order chi connectivity index (χ1) is 27.1. The number of benzene rings is 2. The molecule has 2 aromatic carbocycles. The SMILES string of the molecule is CC1(C)C(Oc2ccc(C#N)c(Cl)c2)C(C)(C)C1N1C(=O)CCC(N2C(=O)c3ccc(N4CCN(CCCCCc5ccc(C(N)=O)cn5)CC4)cc3C2=O)C1=O. The van der Waals surface area contributed by atoms with Gasteiger partial charge in [-0.05, 0) is 74.7 Å². The van der Waals surface area contributed by atoms with Crippen molar-refractivity contribution in [2.24, 2.45) is 16.6 Å². The number of nitrogens with two attached hydrogens (primary N) is 1. The average Bonchev–Trinajstić information content (AvgIpc) is 3.43. The van der Waals surface area contributed by atoms with Crippen LogP contribution in [0.3, 0.4) is 0 Å². The molecule has 2 saturated heterocycles. The second-order valence-corrected chi connectivity index (χ2v) is 17.1. The number of carbonyl (C=O) groups is 5. The predicted molar refractivity (Wildman–Crippen MR) is 213 cm³/mol. The van der Waals surface area contributed by atoms with Gasteiger partial charge in [0.25, 0.3) is 17.7 Å². The number of aromatic nitrogens is 1. The molecule has 4 heterocycles. The molecule has 13 nitrogen and oxygen atoms in total. The van der Waals surface area contributed by atoms with Crippen molar-refractivity contribution in [1.82, 2.24) is 19.7 Å². The van der Waals surface area contributed by atoms with Crippen LogP contribution in [0.25, 0.3) is 0 Å². The molecule has 1 unspecified atom stereocenters. The number of nitrogens with zero attached hydrogens (tertiary/aromatic N) is 6. The van der Waals surface area contributed by atoms with E-state index in [1.807, 2.05) is 45.9 Å². The molecule has 0 radical (unpaired) electrons. The maximum absolute atomic E-state index is 14.3. The predicted octanol–water partition coefficient (Wildman–Crippen LogP) is 5.24. The number of likely N-dealkylation sites (tertiary alicyclic amines) is 1. The smallest absolute Gasteiger partial charge is 0.262 e. The largest absolute Gasteiger partial charge is 0.489 e. The van der Waals surface area contributed by atoms with Crippen molar-refractivity contribution >= 4 is 46.8 Å². The Bertz CT molecular complexity index is 2140. The molecule has 2 N–H and O–H groups in total. The standard InChI is InChI=1S/C43H48ClN7O6/c1-42(2)40(43(3,4)41(42)57-30-13-10-26(24-45)33(44)23-30)51-35(52)16-15-34(39(51)56)50-37(54)31-14-12-29(22-32(31)38(50)55)49-20-18-48(19-21-49)17-7-5-6-8-28-11-9-27(25-47-28)36(46)53/h9-14,22-23,25,34,40-41H,5-8,15-21H2,1-4H3,(H2,46,53). The van der Waals surface area contributed by atoms with E-state index in [2.05, 4.69) is 14.8 Å². The Kier molecular flexibility index (Phi) is 10.9. The van der Waals surface area contributed by atoms with Gasteiger partial charge < -0.3 is 15.4 Å². The zero-order chi connectivity index (χ0) is 40.8.